The summed E-state index contributed by atoms with van der Waals surface area (Å²) in [4.78, 5) is 27.9. The van der Waals surface area contributed by atoms with Crippen molar-refractivity contribution < 1.29 is 19.1 Å². The number of benzene rings is 2. The van der Waals surface area contributed by atoms with E-state index in [1.807, 2.05) is 49.4 Å². The number of nitrogens with one attached hydrogen (secondary N) is 2. The lowest BCUT2D eigenvalue weighted by atomic mass is 9.81. The molecule has 2 saturated heterocycles. The van der Waals surface area contributed by atoms with Gasteiger partial charge in [-0.05, 0) is 61.9 Å². The second-order valence-corrected chi connectivity index (χ2v) is 9.33. The molecule has 0 saturated carbocycles. The van der Waals surface area contributed by atoms with Gasteiger partial charge < -0.3 is 20.1 Å². The van der Waals surface area contributed by atoms with Crippen LogP contribution in [0.1, 0.15) is 53.6 Å². The monoisotopic (exact) mass is 449 g/mol. The van der Waals surface area contributed by atoms with Crippen molar-refractivity contribution in [3.8, 4) is 11.5 Å². The van der Waals surface area contributed by atoms with Gasteiger partial charge in [-0.2, -0.15) is 0 Å². The number of amides is 2. The molecule has 174 valence electrons. The minimum atomic E-state index is 0.00564. The van der Waals surface area contributed by atoms with Gasteiger partial charge >= 0.3 is 0 Å². The predicted octanol–water partition coefficient (Wildman–Crippen LogP) is 3.16. The number of nitrogens with zero attached hydrogens (tertiary/aromatic N) is 1. The summed E-state index contributed by atoms with van der Waals surface area (Å²) in [7, 11) is 0. The molecule has 3 heterocycles. The van der Waals surface area contributed by atoms with Gasteiger partial charge in [0.1, 0.15) is 0 Å². The number of aryl methyl sites for hydroxylation is 1. The first-order valence-corrected chi connectivity index (χ1v) is 11.8. The van der Waals surface area contributed by atoms with Crippen LogP contribution in [0.4, 0.5) is 0 Å². The highest BCUT2D eigenvalue weighted by Crippen LogP contribution is 2.34. The zero-order chi connectivity index (χ0) is 22.8. The minimum absolute atomic E-state index is 0.00564. The number of carbonyl (C=O) groups excluding carboxylic acids is 2. The molecule has 5 rings (SSSR count). The number of rotatable bonds is 6. The molecular formula is C26H31N3O4. The van der Waals surface area contributed by atoms with Crippen molar-refractivity contribution in [2.75, 3.05) is 13.3 Å². The van der Waals surface area contributed by atoms with Crippen molar-refractivity contribution in [1.29, 1.82) is 0 Å². The van der Waals surface area contributed by atoms with Crippen molar-refractivity contribution in [3.63, 3.8) is 0 Å². The van der Waals surface area contributed by atoms with E-state index in [0.717, 1.165) is 53.9 Å². The van der Waals surface area contributed by atoms with E-state index in [0.29, 0.717) is 25.2 Å². The Labute approximate surface area is 194 Å². The molecule has 0 aliphatic carbocycles. The molecule has 0 radical (unpaired) electrons. The van der Waals surface area contributed by atoms with Crippen molar-refractivity contribution in [2.45, 2.75) is 63.7 Å². The molecule has 3 aliphatic rings. The summed E-state index contributed by atoms with van der Waals surface area (Å²) in [6.45, 7) is 3.08. The van der Waals surface area contributed by atoms with Gasteiger partial charge in [0.2, 0.25) is 12.7 Å². The molecule has 7 nitrogen and oxygen atoms in total. The lowest BCUT2D eigenvalue weighted by Crippen LogP contribution is -2.58. The van der Waals surface area contributed by atoms with Crippen molar-refractivity contribution >= 4 is 11.8 Å². The molecule has 7 heteroatoms. The lowest BCUT2D eigenvalue weighted by molar-refractivity contribution is -0.125. The fourth-order valence-corrected chi connectivity index (χ4v) is 5.42. The molecule has 0 aromatic heterocycles. The molecule has 2 bridgehead atoms. The number of carbonyl (C=O) groups is 2. The summed E-state index contributed by atoms with van der Waals surface area (Å²) in [5.74, 6) is 1.51. The smallest absolute Gasteiger partial charge is 0.251 e. The summed E-state index contributed by atoms with van der Waals surface area (Å²) in [5.41, 5.74) is 2.73. The van der Waals surface area contributed by atoms with Gasteiger partial charge in [-0.1, -0.05) is 30.7 Å². The average molecular weight is 450 g/mol. The van der Waals surface area contributed by atoms with E-state index in [1.54, 1.807) is 0 Å². The molecule has 0 spiro atoms. The number of fused-ring (bicyclic) bond motifs is 3. The Morgan fingerprint density at radius 2 is 1.79 bits per heavy atom. The topological polar surface area (TPSA) is 79.9 Å². The third kappa shape index (κ3) is 4.83. The number of piperidine rings is 2. The highest BCUT2D eigenvalue weighted by molar-refractivity contribution is 5.95. The third-order valence-corrected chi connectivity index (χ3v) is 7.10. The number of hydrogen-bond donors (Lipinski definition) is 2. The average Bonchev–Trinajstić information content (AvgIpc) is 3.26. The maximum absolute atomic E-state index is 12.8. The Kier molecular flexibility index (Phi) is 6.22. The maximum Gasteiger partial charge on any atom is 0.251 e. The first-order chi connectivity index (χ1) is 16.1. The fourth-order valence-electron chi connectivity index (χ4n) is 5.42. The molecular weight excluding hydrogens is 418 g/mol. The van der Waals surface area contributed by atoms with E-state index < -0.39 is 0 Å². The Morgan fingerprint density at radius 3 is 2.58 bits per heavy atom. The van der Waals surface area contributed by atoms with E-state index in [1.165, 1.54) is 6.42 Å². The first kappa shape index (κ1) is 21.8. The van der Waals surface area contributed by atoms with E-state index in [-0.39, 0.29) is 24.6 Å². The van der Waals surface area contributed by atoms with Crippen molar-refractivity contribution in [2.24, 2.45) is 0 Å². The zero-order valence-corrected chi connectivity index (χ0v) is 19.0. The van der Waals surface area contributed by atoms with Gasteiger partial charge in [-0.25, -0.2) is 0 Å². The van der Waals surface area contributed by atoms with Crippen LogP contribution in [0.25, 0.3) is 0 Å². The van der Waals surface area contributed by atoms with Crippen molar-refractivity contribution in [1.82, 2.24) is 15.5 Å². The summed E-state index contributed by atoms with van der Waals surface area (Å²) in [6.07, 6.45) is 5.11. The second-order valence-electron chi connectivity index (χ2n) is 9.33. The van der Waals surface area contributed by atoms with Crippen LogP contribution in [-0.2, 0) is 11.3 Å². The molecule has 3 aliphatic heterocycles. The van der Waals surface area contributed by atoms with E-state index in [9.17, 15) is 9.59 Å². The maximum atomic E-state index is 12.8. The molecule has 2 aromatic carbocycles. The minimum Gasteiger partial charge on any atom is -0.454 e. The van der Waals surface area contributed by atoms with E-state index >= 15 is 0 Å². The van der Waals surface area contributed by atoms with Gasteiger partial charge in [-0.3, -0.25) is 14.5 Å². The van der Waals surface area contributed by atoms with Gasteiger partial charge in [0.05, 0.1) is 6.54 Å². The number of hydrogen-bond acceptors (Lipinski definition) is 5. The Morgan fingerprint density at radius 1 is 1.03 bits per heavy atom. The Bertz CT molecular complexity index is 1030. The second kappa shape index (κ2) is 9.43. The third-order valence-electron chi connectivity index (χ3n) is 7.10. The largest absolute Gasteiger partial charge is 0.454 e. The zero-order valence-electron chi connectivity index (χ0n) is 19.0. The normalized spacial score (nSPS) is 23.7. The van der Waals surface area contributed by atoms with Gasteiger partial charge in [-0.15, -0.1) is 0 Å². The van der Waals surface area contributed by atoms with Crippen LogP contribution in [0.2, 0.25) is 0 Å². The van der Waals surface area contributed by atoms with Crippen LogP contribution in [0.5, 0.6) is 11.5 Å². The van der Waals surface area contributed by atoms with Gasteiger partial charge in [0.15, 0.2) is 11.5 Å². The SMILES string of the molecule is Cc1ccccc1C(=O)NC1CC2CCCC(C1)N2CC(=O)NCc1ccc2c(c1)OCO2. The fraction of sp³-hybridized carbons (Fsp3) is 0.462. The van der Waals surface area contributed by atoms with Gasteiger partial charge in [0.25, 0.3) is 5.91 Å². The highest BCUT2D eigenvalue weighted by Gasteiger charge is 2.39. The molecule has 33 heavy (non-hydrogen) atoms. The first-order valence-electron chi connectivity index (χ1n) is 11.8. The van der Waals surface area contributed by atoms with Gasteiger partial charge in [0, 0.05) is 30.2 Å². The molecule has 2 unspecified atom stereocenters. The van der Waals surface area contributed by atoms with Crippen LogP contribution in [-0.4, -0.2) is 48.2 Å². The van der Waals surface area contributed by atoms with Crippen LogP contribution < -0.4 is 20.1 Å². The molecule has 2 aromatic rings. The molecule has 2 amide bonds. The predicted molar refractivity (Wildman–Crippen MR) is 124 cm³/mol. The van der Waals surface area contributed by atoms with Crippen LogP contribution in [0.3, 0.4) is 0 Å². The highest BCUT2D eigenvalue weighted by atomic mass is 16.7. The molecule has 2 fully saturated rings. The lowest BCUT2D eigenvalue weighted by Gasteiger charge is -2.48. The summed E-state index contributed by atoms with van der Waals surface area (Å²) in [6, 6.07) is 14.3. The summed E-state index contributed by atoms with van der Waals surface area (Å²) < 4.78 is 10.8. The summed E-state index contributed by atoms with van der Waals surface area (Å²) >= 11 is 0. The number of ether oxygens (including phenoxy) is 2. The van der Waals surface area contributed by atoms with Crippen LogP contribution in [0, 0.1) is 6.92 Å². The summed E-state index contributed by atoms with van der Waals surface area (Å²) in [5, 5.41) is 6.31. The Hall–Kier alpha value is -3.06. The standard InChI is InChI=1S/C26H31N3O4/c1-17-5-2-3-8-22(17)26(31)28-19-12-20-6-4-7-21(13-19)29(20)15-25(30)27-14-18-9-10-23-24(11-18)33-16-32-23/h2-3,5,8-11,19-21H,4,6-7,12-16H2,1H3,(H,27,30)(H,28,31). The van der Waals surface area contributed by atoms with Crippen LogP contribution >= 0.6 is 0 Å². The Balaban J connectivity index is 1.15. The van der Waals surface area contributed by atoms with E-state index in [2.05, 4.69) is 15.5 Å². The van der Waals surface area contributed by atoms with E-state index in [4.69, 9.17) is 9.47 Å². The van der Waals surface area contributed by atoms with Crippen molar-refractivity contribution in [3.05, 3.63) is 59.2 Å². The van der Waals surface area contributed by atoms with Crippen LogP contribution in [0.15, 0.2) is 42.5 Å². The molecule has 2 N–H and O–H groups in total. The quantitative estimate of drug-likeness (QED) is 0.708. The molecule has 2 atom stereocenters.